The molecule has 0 aliphatic rings. The third-order valence-corrected chi connectivity index (χ3v) is 4.23. The molecule has 31 heavy (non-hydrogen) atoms. The molecule has 0 fully saturated rings. The Labute approximate surface area is 183 Å². The van der Waals surface area contributed by atoms with Crippen LogP contribution in [0.3, 0.4) is 0 Å². The molecule has 1 unspecified atom stereocenters. The number of rotatable bonds is 8. The summed E-state index contributed by atoms with van der Waals surface area (Å²) in [6, 6.07) is 13.8. The lowest BCUT2D eigenvalue weighted by Gasteiger charge is -2.26. The number of carbonyl (C=O) groups excluding carboxylic acids is 2. The number of amides is 1. The van der Waals surface area contributed by atoms with Gasteiger partial charge in [0.15, 0.2) is 0 Å². The van der Waals surface area contributed by atoms with Crippen molar-refractivity contribution in [3.05, 3.63) is 59.7 Å². The summed E-state index contributed by atoms with van der Waals surface area (Å²) in [5, 5.41) is 10.4. The first-order valence-corrected chi connectivity index (χ1v) is 10.2. The molecule has 0 radical (unpaired) electrons. The number of likely N-dealkylation sites (N-methyl/N-ethyl adjacent to an activating group) is 1. The molecular formula is C24H31NO6. The number of benzene rings is 2. The molecule has 1 atom stereocenters. The van der Waals surface area contributed by atoms with Crippen LogP contribution in [0.2, 0.25) is 0 Å². The lowest BCUT2D eigenvalue weighted by molar-refractivity contribution is -0.133. The van der Waals surface area contributed by atoms with Gasteiger partial charge in [0, 0.05) is 7.05 Å². The number of aliphatic hydroxyl groups excluding tert-OH is 1. The van der Waals surface area contributed by atoms with Gasteiger partial charge < -0.3 is 24.2 Å². The van der Waals surface area contributed by atoms with Gasteiger partial charge in [0.1, 0.15) is 17.1 Å². The molecule has 2 aromatic rings. The van der Waals surface area contributed by atoms with E-state index in [1.54, 1.807) is 52.1 Å². The van der Waals surface area contributed by atoms with Gasteiger partial charge in [-0.1, -0.05) is 24.3 Å². The maximum absolute atomic E-state index is 12.2. The lowest BCUT2D eigenvalue weighted by Crippen LogP contribution is -2.36. The minimum absolute atomic E-state index is 0.0752. The Morgan fingerprint density at radius 2 is 1.58 bits per heavy atom. The first-order chi connectivity index (χ1) is 14.6. The largest absolute Gasteiger partial charge is 0.494 e. The summed E-state index contributed by atoms with van der Waals surface area (Å²) in [6.07, 6.45) is -1.27. The lowest BCUT2D eigenvalue weighted by atomic mass is 10.1. The molecule has 0 aliphatic carbocycles. The number of hydrogen-bond acceptors (Lipinski definition) is 6. The molecule has 7 heteroatoms. The smallest absolute Gasteiger partial charge is 0.410 e. The molecule has 7 nitrogen and oxygen atoms in total. The van der Waals surface area contributed by atoms with E-state index in [0.29, 0.717) is 17.9 Å². The molecule has 0 aromatic heterocycles. The number of carbonyl (C=O) groups is 2. The monoisotopic (exact) mass is 429 g/mol. The van der Waals surface area contributed by atoms with E-state index in [1.807, 2.05) is 31.2 Å². The first-order valence-electron chi connectivity index (χ1n) is 10.2. The van der Waals surface area contributed by atoms with Crippen LogP contribution in [0.15, 0.2) is 48.5 Å². The second kappa shape index (κ2) is 10.8. The van der Waals surface area contributed by atoms with Crippen LogP contribution < -0.4 is 9.47 Å². The van der Waals surface area contributed by atoms with Gasteiger partial charge in [-0.3, -0.25) is 4.79 Å². The minimum atomic E-state index is -0.897. The van der Waals surface area contributed by atoms with E-state index in [2.05, 4.69) is 0 Å². The second-order valence-electron chi connectivity index (χ2n) is 8.17. The van der Waals surface area contributed by atoms with Crippen LogP contribution in [0.5, 0.6) is 11.5 Å². The van der Waals surface area contributed by atoms with Crippen molar-refractivity contribution >= 4 is 12.1 Å². The van der Waals surface area contributed by atoms with E-state index in [0.717, 1.165) is 11.3 Å². The molecule has 2 aromatic carbocycles. The summed E-state index contributed by atoms with van der Waals surface area (Å²) in [4.78, 5) is 25.5. The Hall–Kier alpha value is -3.06. The Bertz CT molecular complexity index is 855. The number of nitrogens with zero attached hydrogens (tertiary/aromatic N) is 1. The second-order valence-corrected chi connectivity index (χ2v) is 8.17. The van der Waals surface area contributed by atoms with Gasteiger partial charge in [-0.2, -0.15) is 0 Å². The van der Waals surface area contributed by atoms with Gasteiger partial charge in [0.05, 0.1) is 25.7 Å². The van der Waals surface area contributed by atoms with Gasteiger partial charge in [-0.25, -0.2) is 4.79 Å². The maximum atomic E-state index is 12.2. The topological polar surface area (TPSA) is 85.3 Å². The Balaban J connectivity index is 1.87. The first kappa shape index (κ1) is 24.2. The zero-order valence-electron chi connectivity index (χ0n) is 18.8. The Morgan fingerprint density at radius 3 is 2.13 bits per heavy atom. The van der Waals surface area contributed by atoms with Crippen molar-refractivity contribution in [2.24, 2.45) is 0 Å². The number of hydrogen-bond donors (Lipinski definition) is 1. The van der Waals surface area contributed by atoms with E-state index in [4.69, 9.17) is 14.2 Å². The van der Waals surface area contributed by atoms with Crippen LogP contribution >= 0.6 is 0 Å². The Kier molecular flexibility index (Phi) is 8.45. The average molecular weight is 430 g/mol. The van der Waals surface area contributed by atoms with Gasteiger partial charge in [-0.05, 0) is 63.1 Å². The highest BCUT2D eigenvalue weighted by Gasteiger charge is 2.22. The fraction of sp³-hybridized carbons (Fsp3) is 0.417. The molecule has 2 rings (SSSR count). The van der Waals surface area contributed by atoms with E-state index in [1.165, 1.54) is 4.90 Å². The van der Waals surface area contributed by atoms with Crippen LogP contribution in [-0.2, 0) is 16.0 Å². The number of esters is 1. The fourth-order valence-corrected chi connectivity index (χ4v) is 2.74. The third-order valence-electron chi connectivity index (χ3n) is 4.23. The van der Waals surface area contributed by atoms with Crippen LogP contribution in [0.1, 0.15) is 44.9 Å². The average Bonchev–Trinajstić information content (AvgIpc) is 2.68. The zero-order valence-corrected chi connectivity index (χ0v) is 18.8. The predicted octanol–water partition coefficient (Wildman–Crippen LogP) is 4.13. The standard InChI is InChI=1S/C24H31NO6/c1-6-29-19-11-7-17(8-12-19)15-22(27)30-20-13-9-18(10-14-20)21(26)16-25(5)23(28)31-24(2,3)4/h7-14,21,26H,6,15-16H2,1-5H3. The molecule has 1 N–H and O–H groups in total. The highest BCUT2D eigenvalue weighted by Crippen LogP contribution is 2.20. The summed E-state index contributed by atoms with van der Waals surface area (Å²) >= 11 is 0. The van der Waals surface area contributed by atoms with E-state index in [9.17, 15) is 14.7 Å². The van der Waals surface area contributed by atoms with Crippen molar-refractivity contribution < 1.29 is 28.9 Å². The van der Waals surface area contributed by atoms with Gasteiger partial charge in [0.2, 0.25) is 0 Å². The molecular weight excluding hydrogens is 398 g/mol. The molecule has 0 bridgehead atoms. The highest BCUT2D eigenvalue weighted by molar-refractivity contribution is 5.75. The van der Waals surface area contributed by atoms with Crippen LogP contribution in [0.25, 0.3) is 0 Å². The molecule has 0 aliphatic heterocycles. The molecule has 168 valence electrons. The third kappa shape index (κ3) is 8.30. The van der Waals surface area contributed by atoms with Gasteiger partial charge >= 0.3 is 12.1 Å². The minimum Gasteiger partial charge on any atom is -0.494 e. The molecule has 0 heterocycles. The summed E-state index contributed by atoms with van der Waals surface area (Å²) in [7, 11) is 1.56. The molecule has 0 saturated heterocycles. The summed E-state index contributed by atoms with van der Waals surface area (Å²) < 4.78 is 16.0. The van der Waals surface area contributed by atoms with Gasteiger partial charge in [0.25, 0.3) is 0 Å². The number of ether oxygens (including phenoxy) is 3. The fourth-order valence-electron chi connectivity index (χ4n) is 2.74. The normalized spacial score (nSPS) is 12.1. The quantitative estimate of drug-likeness (QED) is 0.502. The van der Waals surface area contributed by atoms with Crippen molar-refractivity contribution in [2.45, 2.75) is 45.8 Å². The molecule has 1 amide bonds. The van der Waals surface area contributed by atoms with Crippen LogP contribution in [0, 0.1) is 0 Å². The molecule has 0 saturated carbocycles. The van der Waals surface area contributed by atoms with E-state index in [-0.39, 0.29) is 18.9 Å². The van der Waals surface area contributed by atoms with Gasteiger partial charge in [-0.15, -0.1) is 0 Å². The number of aliphatic hydroxyl groups is 1. The van der Waals surface area contributed by atoms with E-state index < -0.39 is 17.8 Å². The van der Waals surface area contributed by atoms with Crippen molar-refractivity contribution in [3.63, 3.8) is 0 Å². The van der Waals surface area contributed by atoms with Crippen molar-refractivity contribution in [2.75, 3.05) is 20.2 Å². The predicted molar refractivity (Wildman–Crippen MR) is 117 cm³/mol. The van der Waals surface area contributed by atoms with Crippen LogP contribution in [0.4, 0.5) is 4.79 Å². The van der Waals surface area contributed by atoms with Crippen molar-refractivity contribution in [1.82, 2.24) is 4.90 Å². The molecule has 0 spiro atoms. The maximum Gasteiger partial charge on any atom is 0.410 e. The summed E-state index contributed by atoms with van der Waals surface area (Å²) in [5.41, 5.74) is 0.819. The summed E-state index contributed by atoms with van der Waals surface area (Å²) in [5.74, 6) is 0.751. The van der Waals surface area contributed by atoms with Crippen LogP contribution in [-0.4, -0.2) is 47.9 Å². The highest BCUT2D eigenvalue weighted by atomic mass is 16.6. The van der Waals surface area contributed by atoms with E-state index >= 15 is 0 Å². The Morgan fingerprint density at radius 1 is 1.00 bits per heavy atom. The zero-order chi connectivity index (χ0) is 23.0. The van der Waals surface area contributed by atoms with Crippen molar-refractivity contribution in [1.29, 1.82) is 0 Å². The SMILES string of the molecule is CCOc1ccc(CC(=O)Oc2ccc(C(O)CN(C)C(=O)OC(C)(C)C)cc2)cc1. The summed E-state index contributed by atoms with van der Waals surface area (Å²) in [6.45, 7) is 7.92. The van der Waals surface area contributed by atoms with Crippen molar-refractivity contribution in [3.8, 4) is 11.5 Å².